The minimum absolute atomic E-state index is 0.000105. The quantitative estimate of drug-likeness (QED) is 0.803. The van der Waals surface area contributed by atoms with Gasteiger partial charge >= 0.3 is 0 Å². The zero-order chi connectivity index (χ0) is 13.6. The molecule has 0 aliphatic heterocycles. The van der Waals surface area contributed by atoms with Crippen molar-refractivity contribution >= 4 is 10.0 Å². The molecule has 0 saturated heterocycles. The SMILES string of the molecule is CC(C)NS(=O)(=O)c1cccc(C#CCCO)c1. The Bertz CT molecular complexity index is 553. The van der Waals surface area contributed by atoms with E-state index in [0.29, 0.717) is 12.0 Å². The van der Waals surface area contributed by atoms with Gasteiger partial charge < -0.3 is 5.11 Å². The van der Waals surface area contributed by atoms with Gasteiger partial charge in [-0.15, -0.1) is 0 Å². The lowest BCUT2D eigenvalue weighted by Gasteiger charge is -2.09. The number of sulfonamides is 1. The largest absolute Gasteiger partial charge is 0.395 e. The zero-order valence-corrected chi connectivity index (χ0v) is 11.3. The first-order valence-electron chi connectivity index (χ1n) is 5.68. The van der Waals surface area contributed by atoms with Crippen LogP contribution in [0.1, 0.15) is 25.8 Å². The van der Waals surface area contributed by atoms with Gasteiger partial charge in [-0.1, -0.05) is 17.9 Å². The average Bonchev–Trinajstić information content (AvgIpc) is 2.28. The third-order valence-electron chi connectivity index (χ3n) is 2.00. The van der Waals surface area contributed by atoms with E-state index >= 15 is 0 Å². The number of hydrogen-bond donors (Lipinski definition) is 2. The van der Waals surface area contributed by atoms with Crippen molar-refractivity contribution in [1.82, 2.24) is 4.72 Å². The van der Waals surface area contributed by atoms with Crippen LogP contribution in [0.4, 0.5) is 0 Å². The second kappa shape index (κ2) is 6.55. The Labute approximate surface area is 108 Å². The molecule has 0 bridgehead atoms. The van der Waals surface area contributed by atoms with Crippen molar-refractivity contribution in [3.05, 3.63) is 29.8 Å². The molecule has 0 radical (unpaired) electrons. The summed E-state index contributed by atoms with van der Waals surface area (Å²) in [4.78, 5) is 0.201. The minimum Gasteiger partial charge on any atom is -0.395 e. The predicted molar refractivity (Wildman–Crippen MR) is 70.5 cm³/mol. The molecule has 0 aliphatic rings. The van der Waals surface area contributed by atoms with E-state index in [2.05, 4.69) is 16.6 Å². The summed E-state index contributed by atoms with van der Waals surface area (Å²) < 4.78 is 26.4. The molecule has 98 valence electrons. The van der Waals surface area contributed by atoms with Gasteiger partial charge in [-0.05, 0) is 32.0 Å². The van der Waals surface area contributed by atoms with Crippen molar-refractivity contribution in [1.29, 1.82) is 0 Å². The Morgan fingerprint density at radius 3 is 2.72 bits per heavy atom. The Balaban J connectivity index is 2.99. The van der Waals surface area contributed by atoms with Gasteiger partial charge in [0, 0.05) is 18.0 Å². The van der Waals surface area contributed by atoms with E-state index in [1.807, 2.05) is 0 Å². The maximum atomic E-state index is 11.9. The van der Waals surface area contributed by atoms with Crippen LogP contribution >= 0.6 is 0 Å². The summed E-state index contributed by atoms with van der Waals surface area (Å²) in [6.45, 7) is 3.53. The second-order valence-corrected chi connectivity index (χ2v) is 5.79. The van der Waals surface area contributed by atoms with Gasteiger partial charge in [0.1, 0.15) is 0 Å². The fourth-order valence-electron chi connectivity index (χ4n) is 1.34. The lowest BCUT2D eigenvalue weighted by Crippen LogP contribution is -2.30. The molecule has 0 atom stereocenters. The topological polar surface area (TPSA) is 66.4 Å². The molecule has 2 N–H and O–H groups in total. The highest BCUT2D eigenvalue weighted by Crippen LogP contribution is 2.11. The van der Waals surface area contributed by atoms with Crippen molar-refractivity contribution in [3.8, 4) is 11.8 Å². The van der Waals surface area contributed by atoms with Gasteiger partial charge in [-0.25, -0.2) is 13.1 Å². The standard InChI is InChI=1S/C13H17NO3S/c1-11(2)14-18(16,17)13-8-5-7-12(10-13)6-3-4-9-15/h5,7-8,10-11,14-15H,4,9H2,1-2H3. The van der Waals surface area contributed by atoms with Gasteiger partial charge in [0.05, 0.1) is 11.5 Å². The first-order chi connectivity index (χ1) is 8.45. The normalized spacial score (nSPS) is 11.1. The fourth-order valence-corrected chi connectivity index (χ4v) is 2.64. The molecule has 0 aliphatic carbocycles. The highest BCUT2D eigenvalue weighted by molar-refractivity contribution is 7.89. The van der Waals surface area contributed by atoms with E-state index in [-0.39, 0.29) is 17.5 Å². The second-order valence-electron chi connectivity index (χ2n) is 4.08. The van der Waals surface area contributed by atoms with Gasteiger partial charge in [-0.2, -0.15) is 0 Å². The van der Waals surface area contributed by atoms with Crippen molar-refractivity contribution in [2.75, 3.05) is 6.61 Å². The summed E-state index contributed by atoms with van der Waals surface area (Å²) in [7, 11) is -3.48. The number of aliphatic hydroxyl groups is 1. The van der Waals surface area contributed by atoms with E-state index in [0.717, 1.165) is 0 Å². The van der Waals surface area contributed by atoms with E-state index in [1.165, 1.54) is 12.1 Å². The van der Waals surface area contributed by atoms with Crippen LogP contribution in [0.2, 0.25) is 0 Å². The number of rotatable bonds is 4. The molecule has 0 fully saturated rings. The van der Waals surface area contributed by atoms with E-state index in [1.54, 1.807) is 26.0 Å². The number of hydrogen-bond acceptors (Lipinski definition) is 3. The lowest BCUT2D eigenvalue weighted by molar-refractivity contribution is 0.305. The van der Waals surface area contributed by atoms with Gasteiger partial charge in [0.2, 0.25) is 10.0 Å². The predicted octanol–water partition coefficient (Wildman–Crippen LogP) is 1.11. The summed E-state index contributed by atoms with van der Waals surface area (Å²) in [5, 5.41) is 8.62. The van der Waals surface area contributed by atoms with Gasteiger partial charge in [-0.3, -0.25) is 0 Å². The third kappa shape index (κ3) is 4.49. The molecular weight excluding hydrogens is 250 g/mol. The summed E-state index contributed by atoms with van der Waals surface area (Å²) in [6.07, 6.45) is 0.376. The van der Waals surface area contributed by atoms with Crippen LogP contribution < -0.4 is 4.72 Å². The molecule has 1 aromatic rings. The van der Waals surface area contributed by atoms with Gasteiger partial charge in [0.25, 0.3) is 0 Å². The molecule has 4 nitrogen and oxygen atoms in total. The first kappa shape index (κ1) is 14.7. The van der Waals surface area contributed by atoms with Gasteiger partial charge in [0.15, 0.2) is 0 Å². The smallest absolute Gasteiger partial charge is 0.240 e. The minimum atomic E-state index is -3.48. The zero-order valence-electron chi connectivity index (χ0n) is 10.5. The fraction of sp³-hybridized carbons (Fsp3) is 0.385. The van der Waals surface area contributed by atoms with E-state index in [4.69, 9.17) is 5.11 Å². The third-order valence-corrected chi connectivity index (χ3v) is 3.66. The molecule has 1 rings (SSSR count). The van der Waals surface area contributed by atoms with E-state index in [9.17, 15) is 8.42 Å². The lowest BCUT2D eigenvalue weighted by atomic mass is 10.2. The van der Waals surface area contributed by atoms with Crippen molar-refractivity contribution in [3.63, 3.8) is 0 Å². The van der Waals surface area contributed by atoms with Crippen LogP contribution in [-0.4, -0.2) is 26.2 Å². The van der Waals surface area contributed by atoms with Crippen LogP contribution in [0.15, 0.2) is 29.2 Å². The summed E-state index contributed by atoms with van der Waals surface area (Å²) in [6, 6.07) is 6.28. The first-order valence-corrected chi connectivity index (χ1v) is 7.16. The molecule has 0 saturated carbocycles. The highest BCUT2D eigenvalue weighted by atomic mass is 32.2. The highest BCUT2D eigenvalue weighted by Gasteiger charge is 2.14. The molecule has 0 spiro atoms. The summed E-state index contributed by atoms with van der Waals surface area (Å²) in [5.74, 6) is 5.56. The van der Waals surface area contributed by atoms with Crippen LogP contribution in [-0.2, 0) is 10.0 Å². The van der Waals surface area contributed by atoms with Crippen molar-refractivity contribution in [2.45, 2.75) is 31.2 Å². The van der Waals surface area contributed by atoms with E-state index < -0.39 is 10.0 Å². The van der Waals surface area contributed by atoms with Crippen LogP contribution in [0.25, 0.3) is 0 Å². The Kier molecular flexibility index (Phi) is 5.35. The Morgan fingerprint density at radius 1 is 1.39 bits per heavy atom. The average molecular weight is 267 g/mol. The Morgan fingerprint density at radius 2 is 2.11 bits per heavy atom. The maximum Gasteiger partial charge on any atom is 0.240 e. The van der Waals surface area contributed by atoms with Crippen molar-refractivity contribution < 1.29 is 13.5 Å². The summed E-state index contributed by atoms with van der Waals surface area (Å²) in [5.41, 5.74) is 0.620. The monoisotopic (exact) mass is 267 g/mol. The molecular formula is C13H17NO3S. The molecule has 0 amide bonds. The molecule has 5 heteroatoms. The number of benzene rings is 1. The van der Waals surface area contributed by atoms with Crippen LogP contribution in [0, 0.1) is 11.8 Å². The Hall–Kier alpha value is -1.35. The van der Waals surface area contributed by atoms with Crippen LogP contribution in [0.5, 0.6) is 0 Å². The molecule has 0 heterocycles. The molecule has 1 aromatic carbocycles. The maximum absolute atomic E-state index is 11.9. The number of nitrogens with one attached hydrogen (secondary N) is 1. The molecule has 0 aromatic heterocycles. The molecule has 0 unspecified atom stereocenters. The van der Waals surface area contributed by atoms with Crippen LogP contribution in [0.3, 0.4) is 0 Å². The molecule has 18 heavy (non-hydrogen) atoms. The number of aliphatic hydroxyl groups excluding tert-OH is 1. The van der Waals surface area contributed by atoms with Crippen molar-refractivity contribution in [2.24, 2.45) is 0 Å². The summed E-state index contributed by atoms with van der Waals surface area (Å²) >= 11 is 0.